The summed E-state index contributed by atoms with van der Waals surface area (Å²) >= 11 is 0. The molecule has 172 valence electrons. The number of carbonyl (C=O) groups is 1. The van der Waals surface area contributed by atoms with E-state index in [0.717, 1.165) is 46.5 Å². The van der Waals surface area contributed by atoms with E-state index in [0.29, 0.717) is 5.75 Å². The van der Waals surface area contributed by atoms with Crippen molar-refractivity contribution in [1.82, 2.24) is 0 Å². The zero-order valence-corrected chi connectivity index (χ0v) is 19.3. The summed E-state index contributed by atoms with van der Waals surface area (Å²) in [5, 5.41) is 12.8. The van der Waals surface area contributed by atoms with Crippen molar-refractivity contribution in [2.45, 2.75) is 51.0 Å². The van der Waals surface area contributed by atoms with Crippen LogP contribution < -0.4 is 14.8 Å². The maximum absolute atomic E-state index is 13.4. The van der Waals surface area contributed by atoms with Crippen LogP contribution in [0.2, 0.25) is 0 Å². The molecule has 0 saturated heterocycles. The van der Waals surface area contributed by atoms with E-state index in [2.05, 4.69) is 32.2 Å². The number of aliphatic hydroxyl groups is 1. The van der Waals surface area contributed by atoms with E-state index in [1.165, 1.54) is 5.56 Å². The second-order valence-corrected chi connectivity index (χ2v) is 9.97. The Kier molecular flexibility index (Phi) is 5.17. The number of nitrogens with one attached hydrogen (secondary N) is 1. The van der Waals surface area contributed by atoms with E-state index < -0.39 is 5.41 Å². The van der Waals surface area contributed by atoms with Crippen LogP contribution in [0.15, 0.2) is 60.7 Å². The normalized spacial score (nSPS) is 15.9. The monoisotopic (exact) mass is 445 g/mol. The van der Waals surface area contributed by atoms with Crippen LogP contribution in [0, 0.1) is 0 Å². The molecule has 1 aliphatic carbocycles. The third-order valence-electron chi connectivity index (χ3n) is 6.62. The van der Waals surface area contributed by atoms with Crippen molar-refractivity contribution in [3.8, 4) is 22.6 Å². The van der Waals surface area contributed by atoms with Crippen LogP contribution in [0.25, 0.3) is 11.1 Å². The highest BCUT2D eigenvalue weighted by Crippen LogP contribution is 2.51. The number of anilines is 1. The molecule has 2 N–H and O–H groups in total. The lowest BCUT2D eigenvalue weighted by atomic mass is 9.81. The second kappa shape index (κ2) is 7.92. The van der Waals surface area contributed by atoms with Gasteiger partial charge in [-0.2, -0.15) is 0 Å². The summed E-state index contributed by atoms with van der Waals surface area (Å²) in [6.45, 7) is 6.75. The molecule has 3 aromatic carbocycles. The average Bonchev–Trinajstić information content (AvgIpc) is 3.49. The van der Waals surface area contributed by atoms with Gasteiger partial charge in [0.25, 0.3) is 0 Å². The van der Waals surface area contributed by atoms with Gasteiger partial charge in [0.15, 0.2) is 11.5 Å². The first-order chi connectivity index (χ1) is 15.8. The maximum Gasteiger partial charge on any atom is 0.235 e. The minimum absolute atomic E-state index is 0. The fraction of sp³-hybridized carbons (Fsp3) is 0.321. The van der Waals surface area contributed by atoms with Crippen LogP contribution >= 0.6 is 0 Å². The Bertz CT molecular complexity index is 1230. The molecule has 5 nitrogen and oxygen atoms in total. The van der Waals surface area contributed by atoms with Crippen LogP contribution in [0.4, 0.5) is 5.69 Å². The van der Waals surface area contributed by atoms with Gasteiger partial charge in [0, 0.05) is 7.11 Å². The van der Waals surface area contributed by atoms with Gasteiger partial charge in [0.1, 0.15) is 0 Å². The standard InChI is InChI=1S/C28H29NO4.H2/c1-27(2,3)23-9-8-21(15-22(23)19-6-4-5-18(13-19)16-30)29-26(31)28(11-12-28)20-7-10-24-25(14-20)33-17-32-24;/h4-10,13-15,30H,11-12,16-17H2,1-3H3,(H,29,31);1H. The topological polar surface area (TPSA) is 67.8 Å². The number of carbonyl (C=O) groups excluding carboxylic acids is 1. The quantitative estimate of drug-likeness (QED) is 0.522. The van der Waals surface area contributed by atoms with Crippen LogP contribution in [0.5, 0.6) is 11.5 Å². The smallest absolute Gasteiger partial charge is 0.235 e. The Morgan fingerprint density at radius 1 is 1.03 bits per heavy atom. The number of benzene rings is 3. The summed E-state index contributed by atoms with van der Waals surface area (Å²) in [7, 11) is 0. The molecule has 1 saturated carbocycles. The maximum atomic E-state index is 13.4. The molecule has 5 rings (SSSR count). The third kappa shape index (κ3) is 3.98. The molecule has 0 atom stereocenters. The van der Waals surface area contributed by atoms with E-state index in [1.807, 2.05) is 54.6 Å². The number of ether oxygens (including phenoxy) is 2. The molecule has 0 unspecified atom stereocenters. The minimum Gasteiger partial charge on any atom is -0.454 e. The minimum atomic E-state index is -0.527. The summed E-state index contributed by atoms with van der Waals surface area (Å²) < 4.78 is 10.9. The van der Waals surface area contributed by atoms with Gasteiger partial charge in [0.2, 0.25) is 12.7 Å². The lowest BCUT2D eigenvalue weighted by Gasteiger charge is -2.25. The highest BCUT2D eigenvalue weighted by molar-refractivity contribution is 6.02. The van der Waals surface area contributed by atoms with Gasteiger partial charge in [0.05, 0.1) is 12.0 Å². The highest BCUT2D eigenvalue weighted by Gasteiger charge is 2.51. The van der Waals surface area contributed by atoms with Crippen molar-refractivity contribution in [2.24, 2.45) is 0 Å². The van der Waals surface area contributed by atoms with Gasteiger partial charge in [-0.05, 0) is 76.4 Å². The lowest BCUT2D eigenvalue weighted by Crippen LogP contribution is -2.28. The third-order valence-corrected chi connectivity index (χ3v) is 6.62. The predicted octanol–water partition coefficient (Wildman–Crippen LogP) is 5.79. The molecule has 0 aromatic heterocycles. The number of hydrogen-bond donors (Lipinski definition) is 2. The van der Waals surface area contributed by atoms with Gasteiger partial charge in [-0.1, -0.05) is 51.1 Å². The first-order valence-electron chi connectivity index (χ1n) is 11.4. The fourth-order valence-corrected chi connectivity index (χ4v) is 4.57. The summed E-state index contributed by atoms with van der Waals surface area (Å²) in [5.74, 6) is 1.43. The van der Waals surface area contributed by atoms with E-state index in [4.69, 9.17) is 9.47 Å². The Morgan fingerprint density at radius 2 is 1.82 bits per heavy atom. The zero-order chi connectivity index (χ0) is 23.2. The van der Waals surface area contributed by atoms with Crippen LogP contribution in [-0.4, -0.2) is 17.8 Å². The van der Waals surface area contributed by atoms with E-state index in [9.17, 15) is 9.90 Å². The SMILES string of the molecule is CC(C)(C)c1ccc(NC(=O)C2(c3ccc4c(c3)OCO4)CC2)cc1-c1cccc(CO)c1.[HH]. The van der Waals surface area contributed by atoms with Gasteiger partial charge in [-0.15, -0.1) is 0 Å². The number of aliphatic hydroxyl groups excluding tert-OH is 1. The number of rotatable bonds is 5. The second-order valence-electron chi connectivity index (χ2n) is 9.97. The number of amides is 1. The zero-order valence-electron chi connectivity index (χ0n) is 19.3. The molecule has 0 radical (unpaired) electrons. The van der Waals surface area contributed by atoms with Gasteiger partial charge in [-0.3, -0.25) is 4.79 Å². The van der Waals surface area contributed by atoms with Gasteiger partial charge in [-0.25, -0.2) is 0 Å². The van der Waals surface area contributed by atoms with E-state index in [-0.39, 0.29) is 26.1 Å². The Balaban J connectivity index is 0.00000274. The Labute approximate surface area is 195 Å². The molecule has 33 heavy (non-hydrogen) atoms. The summed E-state index contributed by atoms with van der Waals surface area (Å²) in [6.07, 6.45) is 1.62. The summed E-state index contributed by atoms with van der Waals surface area (Å²) in [5.41, 5.74) is 5.27. The van der Waals surface area contributed by atoms with Crippen molar-refractivity contribution in [1.29, 1.82) is 0 Å². The molecule has 5 heteroatoms. The average molecular weight is 446 g/mol. The molecule has 1 aliphatic heterocycles. The van der Waals surface area contributed by atoms with Gasteiger partial charge >= 0.3 is 0 Å². The molecule has 2 aliphatic rings. The largest absolute Gasteiger partial charge is 0.454 e. The molecule has 1 amide bonds. The molecule has 0 bridgehead atoms. The number of fused-ring (bicyclic) bond motifs is 1. The van der Waals surface area contributed by atoms with Gasteiger partial charge < -0.3 is 19.9 Å². The fourth-order valence-electron chi connectivity index (χ4n) is 4.57. The van der Waals surface area contributed by atoms with Crippen LogP contribution in [-0.2, 0) is 22.2 Å². The van der Waals surface area contributed by atoms with E-state index >= 15 is 0 Å². The molecule has 1 fully saturated rings. The Morgan fingerprint density at radius 3 is 2.55 bits per heavy atom. The molecular weight excluding hydrogens is 414 g/mol. The first-order valence-corrected chi connectivity index (χ1v) is 11.4. The molecule has 1 heterocycles. The summed E-state index contributed by atoms with van der Waals surface area (Å²) in [6, 6.07) is 19.8. The van der Waals surface area contributed by atoms with Crippen LogP contribution in [0.1, 0.15) is 51.7 Å². The van der Waals surface area contributed by atoms with Crippen molar-refractivity contribution in [3.63, 3.8) is 0 Å². The van der Waals surface area contributed by atoms with E-state index in [1.54, 1.807) is 0 Å². The Hall–Kier alpha value is -3.31. The number of hydrogen-bond acceptors (Lipinski definition) is 4. The van der Waals surface area contributed by atoms with Crippen LogP contribution in [0.3, 0.4) is 0 Å². The molecular formula is C28H31NO4. The highest BCUT2D eigenvalue weighted by atomic mass is 16.7. The molecule has 0 spiro atoms. The van der Waals surface area contributed by atoms with Crippen molar-refractivity contribution in [2.75, 3.05) is 12.1 Å². The summed E-state index contributed by atoms with van der Waals surface area (Å²) in [4.78, 5) is 13.4. The van der Waals surface area contributed by atoms with Crippen molar-refractivity contribution in [3.05, 3.63) is 77.4 Å². The van der Waals surface area contributed by atoms with Crippen molar-refractivity contribution < 1.29 is 20.8 Å². The predicted molar refractivity (Wildman–Crippen MR) is 131 cm³/mol. The molecule has 3 aromatic rings. The lowest BCUT2D eigenvalue weighted by molar-refractivity contribution is -0.118. The first kappa shape index (κ1) is 21.5. The van der Waals surface area contributed by atoms with Crippen molar-refractivity contribution >= 4 is 11.6 Å².